The molecule has 5 nitrogen and oxygen atoms in total. The number of benzene rings is 3. The number of hydrogen-bond donors (Lipinski definition) is 1. The number of amides is 1. The minimum absolute atomic E-state index is 0.0331. The number of rotatable bonds is 7. The van der Waals surface area contributed by atoms with Gasteiger partial charge in [-0.15, -0.1) is 11.3 Å². The standard InChI is InChI=1S/C25H22N2O3S2/c1-2-32(29,30)23-11-7-6-10-21(23)24(28)27-25-26-22(17-31-25)20-14-12-19(13-15-20)16-18-8-4-3-5-9-18/h3-15,17H,2,16H2,1H3,(H,26,27,28). The molecular weight excluding hydrogens is 440 g/mol. The van der Waals surface area contributed by atoms with Gasteiger partial charge in [0.15, 0.2) is 15.0 Å². The maximum atomic E-state index is 12.8. The van der Waals surface area contributed by atoms with Crippen molar-refractivity contribution in [1.29, 1.82) is 0 Å². The number of carbonyl (C=O) groups is 1. The minimum atomic E-state index is -3.51. The van der Waals surface area contributed by atoms with Gasteiger partial charge in [0.2, 0.25) is 0 Å². The van der Waals surface area contributed by atoms with E-state index < -0.39 is 15.7 Å². The molecule has 0 unspecified atom stereocenters. The maximum Gasteiger partial charge on any atom is 0.258 e. The predicted octanol–water partition coefficient (Wildman–Crippen LogP) is 5.45. The zero-order valence-corrected chi connectivity index (χ0v) is 19.1. The van der Waals surface area contributed by atoms with Crippen LogP contribution in [0.3, 0.4) is 0 Å². The third-order valence-electron chi connectivity index (χ3n) is 5.07. The highest BCUT2D eigenvalue weighted by Gasteiger charge is 2.21. The van der Waals surface area contributed by atoms with Crippen LogP contribution in [-0.2, 0) is 16.3 Å². The lowest BCUT2D eigenvalue weighted by atomic mass is 10.0. The lowest BCUT2D eigenvalue weighted by Crippen LogP contribution is -2.17. The topological polar surface area (TPSA) is 76.1 Å². The molecule has 0 aliphatic heterocycles. The van der Waals surface area contributed by atoms with E-state index >= 15 is 0 Å². The average Bonchev–Trinajstić information content (AvgIpc) is 3.28. The molecule has 0 fully saturated rings. The first-order chi connectivity index (χ1) is 15.5. The van der Waals surface area contributed by atoms with E-state index in [-0.39, 0.29) is 16.2 Å². The number of carbonyl (C=O) groups excluding carboxylic acids is 1. The minimum Gasteiger partial charge on any atom is -0.298 e. The van der Waals surface area contributed by atoms with Crippen LogP contribution in [0.2, 0.25) is 0 Å². The molecule has 0 aliphatic carbocycles. The Bertz CT molecular complexity index is 1330. The van der Waals surface area contributed by atoms with Crippen LogP contribution in [0, 0.1) is 0 Å². The Morgan fingerprint density at radius 2 is 1.56 bits per heavy atom. The molecule has 1 amide bonds. The summed E-state index contributed by atoms with van der Waals surface area (Å²) in [5.41, 5.74) is 4.29. The zero-order chi connectivity index (χ0) is 22.6. The van der Waals surface area contributed by atoms with Gasteiger partial charge in [-0.1, -0.05) is 73.7 Å². The molecule has 3 aromatic carbocycles. The van der Waals surface area contributed by atoms with Gasteiger partial charge in [-0.25, -0.2) is 13.4 Å². The smallest absolute Gasteiger partial charge is 0.258 e. The molecule has 7 heteroatoms. The number of nitrogens with zero attached hydrogens (tertiary/aromatic N) is 1. The van der Waals surface area contributed by atoms with E-state index in [4.69, 9.17) is 0 Å². The van der Waals surface area contributed by atoms with Crippen molar-refractivity contribution < 1.29 is 13.2 Å². The van der Waals surface area contributed by atoms with Gasteiger partial charge in [0.05, 0.1) is 21.9 Å². The van der Waals surface area contributed by atoms with Crippen LogP contribution in [0.25, 0.3) is 11.3 Å². The summed E-state index contributed by atoms with van der Waals surface area (Å²) >= 11 is 1.30. The highest BCUT2D eigenvalue weighted by atomic mass is 32.2. The van der Waals surface area contributed by atoms with Crippen LogP contribution in [0.15, 0.2) is 89.1 Å². The molecule has 0 saturated carbocycles. The molecule has 1 heterocycles. The van der Waals surface area contributed by atoms with Crippen molar-refractivity contribution in [3.8, 4) is 11.3 Å². The second kappa shape index (κ2) is 9.46. The van der Waals surface area contributed by atoms with Gasteiger partial charge >= 0.3 is 0 Å². The van der Waals surface area contributed by atoms with Crippen LogP contribution in [0.5, 0.6) is 0 Å². The van der Waals surface area contributed by atoms with Gasteiger partial charge in [0.1, 0.15) is 0 Å². The highest BCUT2D eigenvalue weighted by molar-refractivity contribution is 7.91. The van der Waals surface area contributed by atoms with Crippen molar-refractivity contribution >= 4 is 32.2 Å². The number of nitrogens with one attached hydrogen (secondary N) is 1. The molecule has 0 atom stereocenters. The summed E-state index contributed by atoms with van der Waals surface area (Å²) in [6.45, 7) is 1.56. The second-order valence-corrected chi connectivity index (χ2v) is 10.4. The van der Waals surface area contributed by atoms with Crippen LogP contribution in [0.4, 0.5) is 5.13 Å². The van der Waals surface area contributed by atoms with E-state index in [0.717, 1.165) is 17.7 Å². The third kappa shape index (κ3) is 4.95. The van der Waals surface area contributed by atoms with E-state index in [1.807, 2.05) is 35.7 Å². The number of aromatic nitrogens is 1. The first kappa shape index (κ1) is 21.9. The number of thiazole rings is 1. The first-order valence-corrected chi connectivity index (χ1v) is 12.7. The van der Waals surface area contributed by atoms with Gasteiger partial charge in [0, 0.05) is 10.9 Å². The fraction of sp³-hybridized carbons (Fsp3) is 0.120. The zero-order valence-electron chi connectivity index (χ0n) is 17.5. The molecule has 0 aliphatic rings. The third-order valence-corrected chi connectivity index (χ3v) is 7.62. The van der Waals surface area contributed by atoms with E-state index in [2.05, 4.69) is 34.6 Å². The van der Waals surface area contributed by atoms with Crippen molar-refractivity contribution in [2.24, 2.45) is 0 Å². The quantitative estimate of drug-likeness (QED) is 0.396. The maximum absolute atomic E-state index is 12.8. The van der Waals surface area contributed by atoms with Gasteiger partial charge in [-0.2, -0.15) is 0 Å². The average molecular weight is 463 g/mol. The van der Waals surface area contributed by atoms with Crippen LogP contribution in [-0.4, -0.2) is 25.1 Å². The summed E-state index contributed by atoms with van der Waals surface area (Å²) in [5.74, 6) is -0.560. The summed E-state index contributed by atoms with van der Waals surface area (Å²) in [6.07, 6.45) is 0.861. The van der Waals surface area contributed by atoms with Crippen molar-refractivity contribution in [2.75, 3.05) is 11.1 Å². The monoisotopic (exact) mass is 462 g/mol. The fourth-order valence-corrected chi connectivity index (χ4v) is 5.14. The van der Waals surface area contributed by atoms with Crippen LogP contribution >= 0.6 is 11.3 Å². The molecule has 4 rings (SSSR count). The van der Waals surface area contributed by atoms with Crippen molar-refractivity contribution in [3.63, 3.8) is 0 Å². The van der Waals surface area contributed by atoms with E-state index in [9.17, 15) is 13.2 Å². The first-order valence-electron chi connectivity index (χ1n) is 10.2. The summed E-state index contributed by atoms with van der Waals surface area (Å²) < 4.78 is 24.6. The summed E-state index contributed by atoms with van der Waals surface area (Å²) in [4.78, 5) is 17.3. The number of anilines is 1. The molecule has 0 bridgehead atoms. The molecule has 0 saturated heterocycles. The van der Waals surface area contributed by atoms with Crippen molar-refractivity contribution in [2.45, 2.75) is 18.2 Å². The number of sulfone groups is 1. The lowest BCUT2D eigenvalue weighted by Gasteiger charge is -2.08. The normalized spacial score (nSPS) is 11.3. The van der Waals surface area contributed by atoms with Gasteiger partial charge in [-0.05, 0) is 29.7 Å². The van der Waals surface area contributed by atoms with E-state index in [0.29, 0.717) is 5.13 Å². The molecule has 1 aromatic heterocycles. The van der Waals surface area contributed by atoms with E-state index in [1.165, 1.54) is 34.6 Å². The Balaban J connectivity index is 1.48. The van der Waals surface area contributed by atoms with Crippen LogP contribution < -0.4 is 5.32 Å². The number of hydrogen-bond acceptors (Lipinski definition) is 5. The molecule has 162 valence electrons. The Morgan fingerprint density at radius 1 is 0.906 bits per heavy atom. The second-order valence-electron chi connectivity index (χ2n) is 7.25. The Hall–Kier alpha value is -3.29. The Labute approximate surface area is 191 Å². The Kier molecular flexibility index (Phi) is 6.48. The molecule has 4 aromatic rings. The summed E-state index contributed by atoms with van der Waals surface area (Å²) in [7, 11) is -3.51. The lowest BCUT2D eigenvalue weighted by molar-refractivity contribution is 0.102. The summed E-state index contributed by atoms with van der Waals surface area (Å²) in [5, 5.41) is 5.02. The van der Waals surface area contributed by atoms with E-state index in [1.54, 1.807) is 19.1 Å². The van der Waals surface area contributed by atoms with Gasteiger partial charge in [0.25, 0.3) is 5.91 Å². The Morgan fingerprint density at radius 3 is 2.28 bits per heavy atom. The largest absolute Gasteiger partial charge is 0.298 e. The molecule has 0 spiro atoms. The highest BCUT2D eigenvalue weighted by Crippen LogP contribution is 2.27. The van der Waals surface area contributed by atoms with Crippen LogP contribution in [0.1, 0.15) is 28.4 Å². The van der Waals surface area contributed by atoms with Crippen molar-refractivity contribution in [3.05, 3.63) is 101 Å². The molecule has 32 heavy (non-hydrogen) atoms. The van der Waals surface area contributed by atoms with Gasteiger partial charge in [-0.3, -0.25) is 10.1 Å². The predicted molar refractivity (Wildman–Crippen MR) is 129 cm³/mol. The molecule has 1 N–H and O–H groups in total. The summed E-state index contributed by atoms with van der Waals surface area (Å²) in [6, 6.07) is 24.7. The molecular formula is C25H22N2O3S2. The molecule has 0 radical (unpaired) electrons. The van der Waals surface area contributed by atoms with Crippen molar-refractivity contribution in [1.82, 2.24) is 4.98 Å². The van der Waals surface area contributed by atoms with Gasteiger partial charge < -0.3 is 0 Å². The SMILES string of the molecule is CCS(=O)(=O)c1ccccc1C(=O)Nc1nc(-c2ccc(Cc3ccccc3)cc2)cs1. The fourth-order valence-electron chi connectivity index (χ4n) is 3.33.